The molecule has 0 bridgehead atoms. The van der Waals surface area contributed by atoms with Gasteiger partial charge in [-0.25, -0.2) is 0 Å². The summed E-state index contributed by atoms with van der Waals surface area (Å²) in [5.41, 5.74) is 1.82. The first-order chi connectivity index (χ1) is 8.75. The van der Waals surface area contributed by atoms with E-state index in [1.54, 1.807) is 0 Å². The molecule has 3 rings (SSSR count). The SMILES string of the molecule is Cn1c(C(=O)NC2CCNC2)cc2ccccc21. The average Bonchev–Trinajstić information content (AvgIpc) is 2.98. The molecule has 1 aromatic carbocycles. The van der Waals surface area contributed by atoms with Crippen molar-refractivity contribution in [1.29, 1.82) is 0 Å². The zero-order valence-corrected chi connectivity index (χ0v) is 10.4. The van der Waals surface area contributed by atoms with Crippen molar-refractivity contribution < 1.29 is 4.79 Å². The van der Waals surface area contributed by atoms with E-state index in [0.29, 0.717) is 0 Å². The Kier molecular flexibility index (Phi) is 2.80. The van der Waals surface area contributed by atoms with Crippen LogP contribution < -0.4 is 10.6 Å². The fraction of sp³-hybridized carbons (Fsp3) is 0.357. The molecule has 94 valence electrons. The number of fused-ring (bicyclic) bond motifs is 1. The highest BCUT2D eigenvalue weighted by Gasteiger charge is 2.19. The second kappa shape index (κ2) is 4.46. The maximum atomic E-state index is 12.2. The average molecular weight is 243 g/mol. The summed E-state index contributed by atoms with van der Waals surface area (Å²) in [6.07, 6.45) is 1.01. The molecular formula is C14H17N3O. The van der Waals surface area contributed by atoms with Crippen LogP contribution in [0.4, 0.5) is 0 Å². The van der Waals surface area contributed by atoms with Gasteiger partial charge in [0.2, 0.25) is 0 Å². The number of benzene rings is 1. The van der Waals surface area contributed by atoms with E-state index < -0.39 is 0 Å². The van der Waals surface area contributed by atoms with Gasteiger partial charge in [-0.1, -0.05) is 18.2 Å². The first kappa shape index (κ1) is 11.3. The van der Waals surface area contributed by atoms with E-state index in [2.05, 4.69) is 10.6 Å². The van der Waals surface area contributed by atoms with Gasteiger partial charge in [0, 0.05) is 30.5 Å². The molecule has 1 aromatic heterocycles. The minimum atomic E-state index is 0.0161. The fourth-order valence-electron chi connectivity index (χ4n) is 2.54. The summed E-state index contributed by atoms with van der Waals surface area (Å²) in [6, 6.07) is 10.3. The predicted molar refractivity (Wildman–Crippen MR) is 71.7 cm³/mol. The molecule has 1 unspecified atom stereocenters. The van der Waals surface area contributed by atoms with E-state index in [1.165, 1.54) is 0 Å². The van der Waals surface area contributed by atoms with Gasteiger partial charge < -0.3 is 15.2 Å². The Morgan fingerprint density at radius 2 is 2.28 bits per heavy atom. The Morgan fingerprint density at radius 1 is 1.44 bits per heavy atom. The van der Waals surface area contributed by atoms with E-state index in [9.17, 15) is 4.79 Å². The molecule has 1 saturated heterocycles. The van der Waals surface area contributed by atoms with Crippen LogP contribution in [0.25, 0.3) is 10.9 Å². The van der Waals surface area contributed by atoms with Crippen molar-refractivity contribution in [3.05, 3.63) is 36.0 Å². The standard InChI is InChI=1S/C14H17N3O/c1-17-12-5-3-2-4-10(12)8-13(17)14(18)16-11-6-7-15-9-11/h2-5,8,11,15H,6-7,9H2,1H3,(H,16,18). The quantitative estimate of drug-likeness (QED) is 0.834. The smallest absolute Gasteiger partial charge is 0.268 e. The lowest BCUT2D eigenvalue weighted by Crippen LogP contribution is -2.37. The monoisotopic (exact) mass is 243 g/mol. The van der Waals surface area contributed by atoms with Gasteiger partial charge in [0.15, 0.2) is 0 Å². The highest BCUT2D eigenvalue weighted by molar-refractivity contribution is 5.98. The number of carbonyl (C=O) groups is 1. The van der Waals surface area contributed by atoms with Gasteiger partial charge in [-0.15, -0.1) is 0 Å². The van der Waals surface area contributed by atoms with Crippen LogP contribution in [0.1, 0.15) is 16.9 Å². The molecule has 0 radical (unpaired) electrons. The van der Waals surface area contributed by atoms with Gasteiger partial charge in [-0.2, -0.15) is 0 Å². The number of rotatable bonds is 2. The normalized spacial score (nSPS) is 19.3. The summed E-state index contributed by atoms with van der Waals surface area (Å²) in [4.78, 5) is 12.2. The number of aryl methyl sites for hydroxylation is 1. The lowest BCUT2D eigenvalue weighted by atomic mass is 10.2. The summed E-state index contributed by atoms with van der Waals surface area (Å²) in [5.74, 6) is 0.0161. The number of nitrogens with zero attached hydrogens (tertiary/aromatic N) is 1. The lowest BCUT2D eigenvalue weighted by molar-refractivity contribution is 0.0932. The number of hydrogen-bond acceptors (Lipinski definition) is 2. The summed E-state index contributed by atoms with van der Waals surface area (Å²) in [5, 5.41) is 7.43. The molecule has 0 aliphatic carbocycles. The largest absolute Gasteiger partial charge is 0.347 e. The minimum absolute atomic E-state index is 0.0161. The van der Waals surface area contributed by atoms with Gasteiger partial charge >= 0.3 is 0 Å². The van der Waals surface area contributed by atoms with Crippen LogP contribution in [0.5, 0.6) is 0 Å². The van der Waals surface area contributed by atoms with Crippen LogP contribution in [0.15, 0.2) is 30.3 Å². The molecule has 2 heterocycles. The van der Waals surface area contributed by atoms with Crippen molar-refractivity contribution >= 4 is 16.8 Å². The minimum Gasteiger partial charge on any atom is -0.347 e. The first-order valence-corrected chi connectivity index (χ1v) is 6.32. The molecule has 4 nitrogen and oxygen atoms in total. The molecule has 1 aliphatic rings. The number of aromatic nitrogens is 1. The Bertz CT molecular complexity index is 582. The Balaban J connectivity index is 1.88. The van der Waals surface area contributed by atoms with Crippen LogP contribution in [-0.4, -0.2) is 29.6 Å². The van der Waals surface area contributed by atoms with Crippen molar-refractivity contribution in [1.82, 2.24) is 15.2 Å². The van der Waals surface area contributed by atoms with Gasteiger partial charge in [0.25, 0.3) is 5.91 Å². The first-order valence-electron chi connectivity index (χ1n) is 6.32. The van der Waals surface area contributed by atoms with Crippen molar-refractivity contribution in [2.75, 3.05) is 13.1 Å². The predicted octanol–water partition coefficient (Wildman–Crippen LogP) is 1.27. The number of amides is 1. The van der Waals surface area contributed by atoms with Crippen LogP contribution in [-0.2, 0) is 7.05 Å². The van der Waals surface area contributed by atoms with Crippen molar-refractivity contribution in [3.63, 3.8) is 0 Å². The highest BCUT2D eigenvalue weighted by atomic mass is 16.2. The molecule has 2 N–H and O–H groups in total. The van der Waals surface area contributed by atoms with Gasteiger partial charge in [0.1, 0.15) is 5.69 Å². The molecule has 2 aromatic rings. The maximum Gasteiger partial charge on any atom is 0.268 e. The molecule has 1 atom stereocenters. The second-order valence-electron chi connectivity index (χ2n) is 4.81. The van der Waals surface area contributed by atoms with Gasteiger partial charge in [-0.3, -0.25) is 4.79 Å². The Labute approximate surface area is 106 Å². The fourth-order valence-corrected chi connectivity index (χ4v) is 2.54. The molecule has 0 saturated carbocycles. The number of para-hydroxylation sites is 1. The third-order valence-electron chi connectivity index (χ3n) is 3.58. The highest BCUT2D eigenvalue weighted by Crippen LogP contribution is 2.18. The summed E-state index contributed by atoms with van der Waals surface area (Å²) < 4.78 is 1.95. The molecule has 4 heteroatoms. The van der Waals surface area contributed by atoms with E-state index in [1.807, 2.05) is 41.9 Å². The van der Waals surface area contributed by atoms with Crippen LogP contribution in [0, 0.1) is 0 Å². The third-order valence-corrected chi connectivity index (χ3v) is 3.58. The van der Waals surface area contributed by atoms with Crippen molar-refractivity contribution in [3.8, 4) is 0 Å². The van der Waals surface area contributed by atoms with E-state index in [4.69, 9.17) is 0 Å². The van der Waals surface area contributed by atoms with E-state index in [-0.39, 0.29) is 11.9 Å². The van der Waals surface area contributed by atoms with E-state index >= 15 is 0 Å². The molecular weight excluding hydrogens is 226 g/mol. The van der Waals surface area contributed by atoms with Crippen LogP contribution in [0.2, 0.25) is 0 Å². The second-order valence-corrected chi connectivity index (χ2v) is 4.81. The third kappa shape index (κ3) is 1.88. The number of nitrogens with one attached hydrogen (secondary N) is 2. The maximum absolute atomic E-state index is 12.2. The lowest BCUT2D eigenvalue weighted by Gasteiger charge is -2.11. The molecule has 0 spiro atoms. The zero-order chi connectivity index (χ0) is 12.5. The van der Waals surface area contributed by atoms with Gasteiger partial charge in [0.05, 0.1) is 0 Å². The number of hydrogen-bond donors (Lipinski definition) is 2. The topological polar surface area (TPSA) is 46.1 Å². The molecule has 1 fully saturated rings. The summed E-state index contributed by atoms with van der Waals surface area (Å²) in [6.45, 7) is 1.86. The molecule has 1 amide bonds. The number of carbonyl (C=O) groups excluding carboxylic acids is 1. The van der Waals surface area contributed by atoms with Gasteiger partial charge in [-0.05, 0) is 25.1 Å². The summed E-state index contributed by atoms with van der Waals surface area (Å²) >= 11 is 0. The summed E-state index contributed by atoms with van der Waals surface area (Å²) in [7, 11) is 1.93. The Morgan fingerprint density at radius 3 is 3.00 bits per heavy atom. The van der Waals surface area contributed by atoms with Crippen LogP contribution >= 0.6 is 0 Å². The van der Waals surface area contributed by atoms with Crippen molar-refractivity contribution in [2.45, 2.75) is 12.5 Å². The molecule has 18 heavy (non-hydrogen) atoms. The Hall–Kier alpha value is -1.81. The molecule has 1 aliphatic heterocycles. The van der Waals surface area contributed by atoms with Crippen LogP contribution in [0.3, 0.4) is 0 Å². The zero-order valence-electron chi connectivity index (χ0n) is 10.4. The van der Waals surface area contributed by atoms with Crippen molar-refractivity contribution in [2.24, 2.45) is 7.05 Å². The van der Waals surface area contributed by atoms with E-state index in [0.717, 1.165) is 36.1 Å².